The lowest BCUT2D eigenvalue weighted by Gasteiger charge is -2.63. The van der Waals surface area contributed by atoms with Gasteiger partial charge in [0.05, 0.1) is 5.60 Å². The lowest BCUT2D eigenvalue weighted by atomic mass is 9.47. The van der Waals surface area contributed by atoms with Crippen molar-refractivity contribution >= 4 is 11.6 Å². The zero-order chi connectivity index (χ0) is 16.9. The minimum atomic E-state index is -0.601. The molecule has 4 bridgehead atoms. The first kappa shape index (κ1) is 16.9. The van der Waals surface area contributed by atoms with Crippen LogP contribution in [0, 0.1) is 23.7 Å². The molecule has 0 heterocycles. The van der Waals surface area contributed by atoms with Crippen LogP contribution in [0.25, 0.3) is 0 Å². The molecular formula is C21H30ClNO. The lowest BCUT2D eigenvalue weighted by Crippen LogP contribution is -2.64. The van der Waals surface area contributed by atoms with Gasteiger partial charge in [-0.25, -0.2) is 0 Å². The first-order valence-electron chi connectivity index (χ1n) is 9.58. The molecule has 3 heteroatoms. The van der Waals surface area contributed by atoms with Crippen molar-refractivity contribution in [2.45, 2.75) is 62.5 Å². The minimum absolute atomic E-state index is 0.142. The van der Waals surface area contributed by atoms with Gasteiger partial charge < -0.3 is 10.4 Å². The van der Waals surface area contributed by atoms with E-state index in [9.17, 15) is 5.11 Å². The Kier molecular flexibility index (Phi) is 4.22. The van der Waals surface area contributed by atoms with Gasteiger partial charge in [0.25, 0.3) is 0 Å². The first-order valence-corrected chi connectivity index (χ1v) is 9.96. The Balaban J connectivity index is 1.67. The molecule has 4 aliphatic carbocycles. The molecule has 0 spiro atoms. The Hall–Kier alpha value is -0.570. The summed E-state index contributed by atoms with van der Waals surface area (Å²) in [5, 5.41) is 15.4. The van der Waals surface area contributed by atoms with E-state index in [1.165, 1.54) is 12.0 Å². The molecule has 2 N–H and O–H groups in total. The molecule has 6 atom stereocenters. The van der Waals surface area contributed by atoms with Crippen molar-refractivity contribution in [2.24, 2.45) is 23.7 Å². The van der Waals surface area contributed by atoms with Crippen LogP contribution in [0.15, 0.2) is 30.3 Å². The number of halogens is 1. The molecule has 2 nitrogen and oxygen atoms in total. The van der Waals surface area contributed by atoms with Gasteiger partial charge in [0, 0.05) is 16.8 Å². The highest BCUT2D eigenvalue weighted by Gasteiger charge is 2.63. The summed E-state index contributed by atoms with van der Waals surface area (Å²) in [6.45, 7) is 5.47. The maximum Gasteiger partial charge on any atom is 0.0716 e. The predicted molar refractivity (Wildman–Crippen MR) is 99.1 cm³/mol. The smallest absolute Gasteiger partial charge is 0.0716 e. The van der Waals surface area contributed by atoms with E-state index in [0.29, 0.717) is 17.8 Å². The van der Waals surface area contributed by atoms with Gasteiger partial charge in [0.1, 0.15) is 0 Å². The number of benzene rings is 1. The van der Waals surface area contributed by atoms with Crippen molar-refractivity contribution in [1.29, 1.82) is 0 Å². The highest BCUT2D eigenvalue weighted by atomic mass is 35.5. The fourth-order valence-electron chi connectivity index (χ4n) is 6.11. The summed E-state index contributed by atoms with van der Waals surface area (Å²) in [5.41, 5.74) is 0.712. The van der Waals surface area contributed by atoms with Crippen LogP contribution in [-0.4, -0.2) is 22.1 Å². The Morgan fingerprint density at radius 1 is 1.21 bits per heavy atom. The van der Waals surface area contributed by atoms with Crippen molar-refractivity contribution in [3.05, 3.63) is 35.9 Å². The van der Waals surface area contributed by atoms with Gasteiger partial charge in [-0.2, -0.15) is 0 Å². The molecule has 0 saturated heterocycles. The Bertz CT molecular complexity index is 591. The highest BCUT2D eigenvalue weighted by Crippen LogP contribution is 2.64. The third-order valence-corrected chi connectivity index (χ3v) is 7.02. The van der Waals surface area contributed by atoms with Crippen LogP contribution < -0.4 is 5.32 Å². The molecule has 4 fully saturated rings. The zero-order valence-electron chi connectivity index (χ0n) is 14.8. The van der Waals surface area contributed by atoms with Gasteiger partial charge >= 0.3 is 0 Å². The highest BCUT2D eigenvalue weighted by molar-refractivity contribution is 6.24. The number of alkyl halides is 1. The van der Waals surface area contributed by atoms with Crippen LogP contribution in [0.1, 0.15) is 57.6 Å². The largest absolute Gasteiger partial charge is 0.389 e. The van der Waals surface area contributed by atoms with E-state index < -0.39 is 5.60 Å². The Morgan fingerprint density at radius 2 is 1.96 bits per heavy atom. The zero-order valence-corrected chi connectivity index (χ0v) is 15.6. The quantitative estimate of drug-likeness (QED) is 0.767. The van der Waals surface area contributed by atoms with E-state index in [2.05, 4.69) is 49.5 Å². The van der Waals surface area contributed by atoms with Crippen molar-refractivity contribution in [2.75, 3.05) is 6.54 Å². The molecule has 0 amide bonds. The van der Waals surface area contributed by atoms with E-state index >= 15 is 0 Å². The van der Waals surface area contributed by atoms with Crippen molar-refractivity contribution in [3.63, 3.8) is 0 Å². The monoisotopic (exact) mass is 347 g/mol. The second-order valence-corrected chi connectivity index (χ2v) is 9.92. The molecule has 0 aromatic heterocycles. The second-order valence-electron chi connectivity index (χ2n) is 9.12. The Morgan fingerprint density at radius 3 is 2.58 bits per heavy atom. The Labute approximate surface area is 151 Å². The van der Waals surface area contributed by atoms with Gasteiger partial charge in [0.15, 0.2) is 0 Å². The van der Waals surface area contributed by atoms with Crippen molar-refractivity contribution in [1.82, 2.24) is 5.32 Å². The number of nitrogens with one attached hydrogen (secondary N) is 1. The van der Waals surface area contributed by atoms with Gasteiger partial charge in [-0.3, -0.25) is 0 Å². The molecule has 1 aromatic carbocycles. The number of hydrogen-bond acceptors (Lipinski definition) is 2. The molecule has 1 unspecified atom stereocenters. The summed E-state index contributed by atoms with van der Waals surface area (Å²) < 4.78 is 0. The molecular weight excluding hydrogens is 318 g/mol. The molecule has 24 heavy (non-hydrogen) atoms. The molecule has 0 aliphatic heterocycles. The number of hydrogen-bond donors (Lipinski definition) is 2. The number of rotatable bonds is 5. The molecule has 4 saturated carbocycles. The first-order chi connectivity index (χ1) is 11.4. The minimum Gasteiger partial charge on any atom is -0.389 e. The van der Waals surface area contributed by atoms with E-state index in [1.807, 2.05) is 0 Å². The summed E-state index contributed by atoms with van der Waals surface area (Å²) in [7, 11) is 0. The van der Waals surface area contributed by atoms with Crippen LogP contribution >= 0.6 is 11.6 Å². The third-order valence-electron chi connectivity index (χ3n) is 6.58. The fraction of sp³-hybridized carbons (Fsp3) is 0.714. The van der Waals surface area contributed by atoms with Gasteiger partial charge in [-0.1, -0.05) is 44.2 Å². The van der Waals surface area contributed by atoms with Gasteiger partial charge in [-0.15, -0.1) is 11.6 Å². The summed E-state index contributed by atoms with van der Waals surface area (Å²) >= 11 is 6.88. The maximum atomic E-state index is 11.6. The van der Waals surface area contributed by atoms with Crippen LogP contribution in [0.5, 0.6) is 0 Å². The molecule has 1 aromatic rings. The molecule has 0 radical (unpaired) electrons. The molecule has 132 valence electrons. The third kappa shape index (κ3) is 2.91. The van der Waals surface area contributed by atoms with E-state index in [0.717, 1.165) is 32.2 Å². The second kappa shape index (κ2) is 6.00. The van der Waals surface area contributed by atoms with Gasteiger partial charge in [0.2, 0.25) is 0 Å². The summed E-state index contributed by atoms with van der Waals surface area (Å²) in [6, 6.07) is 10.9. The maximum absolute atomic E-state index is 11.6. The van der Waals surface area contributed by atoms with E-state index in [1.54, 1.807) is 0 Å². The lowest BCUT2D eigenvalue weighted by molar-refractivity contribution is -0.174. The summed E-state index contributed by atoms with van der Waals surface area (Å²) in [6.07, 6.45) is 5.13. The van der Waals surface area contributed by atoms with E-state index in [4.69, 9.17) is 11.6 Å². The average Bonchev–Trinajstić information content (AvgIpc) is 2.48. The molecule has 5 rings (SSSR count). The van der Waals surface area contributed by atoms with Crippen molar-refractivity contribution < 1.29 is 5.11 Å². The topological polar surface area (TPSA) is 32.3 Å². The standard InChI is InChI=1S/C21H30ClNO/c1-14(2)12-23-19(16-6-4-3-5-7-16)18-17-8-15-9-20(22,11-17)13-21(18,24)10-15/h3-7,14-15,17-19,23-24H,8-13H2,1-2H3/t15-,17+,18-,19?,20+,21+/m1/s1. The van der Waals surface area contributed by atoms with Crippen LogP contribution in [0.2, 0.25) is 0 Å². The average molecular weight is 348 g/mol. The van der Waals surface area contributed by atoms with Crippen LogP contribution in [-0.2, 0) is 0 Å². The van der Waals surface area contributed by atoms with E-state index in [-0.39, 0.29) is 16.8 Å². The van der Waals surface area contributed by atoms with Crippen molar-refractivity contribution in [3.8, 4) is 0 Å². The SMILES string of the molecule is CC(C)CNC(c1ccccc1)[C@H]1[C@H]2C[C@@H]3C[C@](Cl)(C2)C[C@@]1(O)C3. The normalized spacial score (nSPS) is 41.8. The number of aliphatic hydroxyl groups is 1. The summed E-state index contributed by atoms with van der Waals surface area (Å²) in [5.74, 6) is 2.04. The predicted octanol–water partition coefficient (Wildman–Crippen LogP) is 4.52. The fourth-order valence-corrected chi connectivity index (χ4v) is 6.76. The summed E-state index contributed by atoms with van der Waals surface area (Å²) in [4.78, 5) is -0.142. The van der Waals surface area contributed by atoms with Crippen LogP contribution in [0.3, 0.4) is 0 Å². The van der Waals surface area contributed by atoms with Crippen LogP contribution in [0.4, 0.5) is 0 Å². The van der Waals surface area contributed by atoms with Gasteiger partial charge in [-0.05, 0) is 62.0 Å². The molecule has 4 aliphatic rings.